The highest BCUT2D eigenvalue weighted by Gasteiger charge is 2.22. The number of methoxy groups -OCH3 is 1. The number of hydrogen-bond donors (Lipinski definition) is 1. The molecule has 0 saturated carbocycles. The van der Waals surface area contributed by atoms with Crippen LogP contribution in [-0.2, 0) is 6.61 Å². The number of ether oxygens (including phenoxy) is 1. The van der Waals surface area contributed by atoms with Crippen molar-refractivity contribution >= 4 is 11.3 Å². The molecule has 174 valence electrons. The van der Waals surface area contributed by atoms with E-state index in [2.05, 4.69) is 4.98 Å². The number of aliphatic hydroxyl groups excluding tert-OH is 1. The Morgan fingerprint density at radius 1 is 1.09 bits per heavy atom. The molecular formula is C24H27F4NO2S. The molecule has 0 amide bonds. The first kappa shape index (κ1) is 25.8. The van der Waals surface area contributed by atoms with Crippen molar-refractivity contribution in [1.29, 1.82) is 0 Å². The molecule has 0 aliphatic rings. The van der Waals surface area contributed by atoms with Crippen LogP contribution in [0.4, 0.5) is 17.6 Å². The van der Waals surface area contributed by atoms with Crippen molar-refractivity contribution in [3.63, 3.8) is 0 Å². The van der Waals surface area contributed by atoms with Gasteiger partial charge in [0, 0.05) is 22.9 Å². The van der Waals surface area contributed by atoms with E-state index in [9.17, 15) is 18.3 Å². The molecule has 8 heteroatoms. The largest absolute Gasteiger partial charge is 0.496 e. The average molecular weight is 470 g/mol. The fraction of sp³-hybridized carbons (Fsp3) is 0.375. The molecule has 0 bridgehead atoms. The lowest BCUT2D eigenvalue weighted by Gasteiger charge is -2.17. The van der Waals surface area contributed by atoms with Gasteiger partial charge in [-0.3, -0.25) is 0 Å². The van der Waals surface area contributed by atoms with E-state index >= 15 is 4.39 Å². The summed E-state index contributed by atoms with van der Waals surface area (Å²) in [6.45, 7) is 6.48. The van der Waals surface area contributed by atoms with Crippen molar-refractivity contribution in [3.8, 4) is 16.9 Å². The lowest BCUT2D eigenvalue weighted by atomic mass is 9.93. The molecule has 0 aliphatic heterocycles. The van der Waals surface area contributed by atoms with Crippen molar-refractivity contribution in [2.24, 2.45) is 5.92 Å². The third kappa shape index (κ3) is 6.29. The van der Waals surface area contributed by atoms with Crippen LogP contribution >= 0.6 is 11.3 Å². The molecule has 1 N–H and O–H groups in total. The van der Waals surface area contributed by atoms with Crippen LogP contribution < -0.4 is 4.74 Å². The predicted molar refractivity (Wildman–Crippen MR) is 119 cm³/mol. The first-order valence-electron chi connectivity index (χ1n) is 10.1. The number of thiazole rings is 1. The molecule has 3 nitrogen and oxygen atoms in total. The molecule has 0 radical (unpaired) electrons. The highest BCUT2D eigenvalue weighted by molar-refractivity contribution is 7.11. The van der Waals surface area contributed by atoms with Gasteiger partial charge >= 0.3 is 0 Å². The Bertz CT molecular complexity index is 1010. The Morgan fingerprint density at radius 2 is 1.75 bits per heavy atom. The van der Waals surface area contributed by atoms with Crippen LogP contribution in [0.2, 0.25) is 0 Å². The Kier molecular flexibility index (Phi) is 9.21. The van der Waals surface area contributed by atoms with Crippen LogP contribution in [0.5, 0.6) is 5.75 Å². The van der Waals surface area contributed by atoms with Crippen molar-refractivity contribution in [2.45, 2.75) is 46.6 Å². The molecule has 3 rings (SSSR count). The minimum atomic E-state index is -2.15. The van der Waals surface area contributed by atoms with Gasteiger partial charge in [-0.25, -0.2) is 22.5 Å². The molecule has 2 aromatic carbocycles. The molecule has 0 saturated heterocycles. The SMILES string of the molecule is CC(C)C(F)F.COc1ccc([C@@H](C)c2cnc(CO)s2)c(F)c1-c1cc(C)cc(F)c1. The van der Waals surface area contributed by atoms with Crippen LogP contribution in [0.15, 0.2) is 36.5 Å². The zero-order valence-corrected chi connectivity index (χ0v) is 19.4. The molecule has 32 heavy (non-hydrogen) atoms. The Morgan fingerprint density at radius 3 is 2.25 bits per heavy atom. The topological polar surface area (TPSA) is 42.4 Å². The molecular weight excluding hydrogens is 442 g/mol. The Hall–Kier alpha value is -2.45. The average Bonchev–Trinajstić information content (AvgIpc) is 3.22. The van der Waals surface area contributed by atoms with Gasteiger partial charge in [0.15, 0.2) is 0 Å². The van der Waals surface area contributed by atoms with Gasteiger partial charge in [-0.05, 0) is 41.8 Å². The number of aromatic nitrogens is 1. The van der Waals surface area contributed by atoms with E-state index in [1.54, 1.807) is 31.3 Å². The smallest absolute Gasteiger partial charge is 0.240 e. The molecule has 1 atom stereocenters. The molecule has 0 aliphatic carbocycles. The number of rotatable bonds is 6. The van der Waals surface area contributed by atoms with Crippen molar-refractivity contribution in [2.75, 3.05) is 7.11 Å². The number of hydrogen-bond acceptors (Lipinski definition) is 4. The molecule has 1 aromatic heterocycles. The minimum Gasteiger partial charge on any atom is -0.496 e. The Balaban J connectivity index is 0.000000534. The van der Waals surface area contributed by atoms with Gasteiger partial charge in [-0.15, -0.1) is 11.3 Å². The maximum atomic E-state index is 15.4. The predicted octanol–water partition coefficient (Wildman–Crippen LogP) is 6.96. The highest BCUT2D eigenvalue weighted by atomic mass is 32.1. The summed E-state index contributed by atoms with van der Waals surface area (Å²) in [6, 6.07) is 7.80. The first-order chi connectivity index (χ1) is 15.1. The van der Waals surface area contributed by atoms with Gasteiger partial charge in [0.2, 0.25) is 6.43 Å². The van der Waals surface area contributed by atoms with Crippen LogP contribution in [0.3, 0.4) is 0 Å². The van der Waals surface area contributed by atoms with Gasteiger partial charge in [-0.2, -0.15) is 0 Å². The van der Waals surface area contributed by atoms with Gasteiger partial charge in [0.1, 0.15) is 22.4 Å². The number of aryl methyl sites for hydroxylation is 1. The third-order valence-corrected chi connectivity index (χ3v) is 5.95. The molecule has 0 fully saturated rings. The first-order valence-corrected chi connectivity index (χ1v) is 10.9. The zero-order valence-electron chi connectivity index (χ0n) is 18.6. The maximum Gasteiger partial charge on any atom is 0.240 e. The van der Waals surface area contributed by atoms with E-state index in [0.29, 0.717) is 27.4 Å². The van der Waals surface area contributed by atoms with Crippen LogP contribution in [-0.4, -0.2) is 23.6 Å². The summed E-state index contributed by atoms with van der Waals surface area (Å²) in [5.41, 5.74) is 1.85. The van der Waals surface area contributed by atoms with Crippen LogP contribution in [0.25, 0.3) is 11.1 Å². The number of alkyl halides is 2. The van der Waals surface area contributed by atoms with Crippen LogP contribution in [0, 0.1) is 24.5 Å². The minimum absolute atomic E-state index is 0.143. The number of benzene rings is 2. The quantitative estimate of drug-likeness (QED) is 0.397. The van der Waals surface area contributed by atoms with Gasteiger partial charge < -0.3 is 9.84 Å². The standard InChI is InChI=1S/C20H19F2NO2S.C4H8F2/c1-11-6-13(8-14(21)7-11)19-16(25-3)5-4-15(20(19)22)12(2)17-9-23-18(10-24)26-17;1-3(2)4(5)6/h4-9,12,24H,10H2,1-3H3;3-4H,1-2H3/t12-;/m1./s1. The Labute approximate surface area is 189 Å². The summed E-state index contributed by atoms with van der Waals surface area (Å²) in [6.07, 6.45) is -0.499. The zero-order chi connectivity index (χ0) is 24.0. The molecule has 1 heterocycles. The summed E-state index contributed by atoms with van der Waals surface area (Å²) in [5.74, 6) is -1.25. The third-order valence-electron chi connectivity index (χ3n) is 4.79. The summed E-state index contributed by atoms with van der Waals surface area (Å²) in [5, 5.41) is 9.78. The molecule has 0 unspecified atom stereocenters. The summed E-state index contributed by atoms with van der Waals surface area (Å²) >= 11 is 1.34. The fourth-order valence-electron chi connectivity index (χ4n) is 2.98. The second kappa shape index (κ2) is 11.4. The molecule has 0 spiro atoms. The van der Waals surface area contributed by atoms with E-state index in [-0.39, 0.29) is 18.1 Å². The lowest BCUT2D eigenvalue weighted by Crippen LogP contribution is -2.02. The summed E-state index contributed by atoms with van der Waals surface area (Å²) in [7, 11) is 1.46. The van der Waals surface area contributed by atoms with E-state index in [1.807, 2.05) is 6.92 Å². The lowest BCUT2D eigenvalue weighted by molar-refractivity contribution is 0.0955. The summed E-state index contributed by atoms with van der Waals surface area (Å²) in [4.78, 5) is 4.97. The second-order valence-corrected chi connectivity index (χ2v) is 8.82. The normalized spacial score (nSPS) is 12.0. The number of aliphatic hydroxyl groups is 1. The monoisotopic (exact) mass is 469 g/mol. The fourth-order valence-corrected chi connectivity index (χ4v) is 3.83. The summed E-state index contributed by atoms with van der Waals surface area (Å²) < 4.78 is 56.9. The van der Waals surface area contributed by atoms with Gasteiger partial charge in [0.25, 0.3) is 0 Å². The molecule has 3 aromatic rings. The van der Waals surface area contributed by atoms with Crippen molar-refractivity contribution in [1.82, 2.24) is 4.98 Å². The van der Waals surface area contributed by atoms with Crippen LogP contribution in [0.1, 0.15) is 47.7 Å². The van der Waals surface area contributed by atoms with Gasteiger partial charge in [0.05, 0.1) is 19.3 Å². The number of halogens is 4. The van der Waals surface area contributed by atoms with E-state index in [0.717, 1.165) is 4.88 Å². The van der Waals surface area contributed by atoms with E-state index in [1.165, 1.54) is 44.4 Å². The van der Waals surface area contributed by atoms with E-state index < -0.39 is 24.0 Å². The maximum absolute atomic E-state index is 15.4. The highest BCUT2D eigenvalue weighted by Crippen LogP contribution is 2.39. The van der Waals surface area contributed by atoms with Crippen molar-refractivity contribution < 1.29 is 27.4 Å². The van der Waals surface area contributed by atoms with E-state index in [4.69, 9.17) is 4.74 Å². The number of nitrogens with zero attached hydrogens (tertiary/aromatic N) is 1. The van der Waals surface area contributed by atoms with Crippen molar-refractivity contribution in [3.05, 3.63) is 69.2 Å². The van der Waals surface area contributed by atoms with Gasteiger partial charge in [-0.1, -0.05) is 32.9 Å². The second-order valence-electron chi connectivity index (χ2n) is 7.68.